The Labute approximate surface area is 59.7 Å². The molecule has 2 nitrogen and oxygen atoms in total. The van der Waals surface area contributed by atoms with E-state index in [2.05, 4.69) is 4.98 Å². The summed E-state index contributed by atoms with van der Waals surface area (Å²) in [5.41, 5.74) is 5.28. The second-order valence-corrected chi connectivity index (χ2v) is 1.78. The molecule has 0 bridgehead atoms. The van der Waals surface area contributed by atoms with Crippen LogP contribution in [0.4, 0.5) is 5.82 Å². The van der Waals surface area contributed by atoms with Gasteiger partial charge >= 0.3 is 0 Å². The van der Waals surface area contributed by atoms with Crippen LogP contribution in [0.15, 0.2) is 18.3 Å². The maximum absolute atomic E-state index is 5.52. The number of hydrogen-bond donors (Lipinski definition) is 1. The third kappa shape index (κ3) is 1.90. The molecule has 2 N–H and O–H groups in total. The maximum Gasteiger partial charge on any atom is 0.142 e. The molecule has 1 heterocycles. The summed E-state index contributed by atoms with van der Waals surface area (Å²) in [6, 6.07) is 3.43. The molecular weight excluding hydrogens is 136 g/mol. The Bertz CT molecular complexity index is 167. The van der Waals surface area contributed by atoms with E-state index in [-0.39, 0.29) is 7.43 Å². The van der Waals surface area contributed by atoms with Crippen LogP contribution < -0.4 is 5.73 Å². The molecule has 0 aliphatic rings. The van der Waals surface area contributed by atoms with Crippen molar-refractivity contribution in [3.05, 3.63) is 23.4 Å². The van der Waals surface area contributed by atoms with E-state index in [1.165, 1.54) is 0 Å². The van der Waals surface area contributed by atoms with Crippen molar-refractivity contribution in [2.75, 3.05) is 5.73 Å². The highest BCUT2D eigenvalue weighted by Gasteiger charge is 1.89. The fourth-order valence-electron chi connectivity index (χ4n) is 0.398. The van der Waals surface area contributed by atoms with Gasteiger partial charge < -0.3 is 5.73 Å². The highest BCUT2D eigenvalue weighted by molar-refractivity contribution is 6.32. The Balaban J connectivity index is 0.000000640. The lowest BCUT2D eigenvalue weighted by atomic mass is 10.5. The van der Waals surface area contributed by atoms with Gasteiger partial charge in [0.15, 0.2) is 0 Å². The molecule has 0 saturated carbocycles. The Morgan fingerprint density at radius 2 is 2.22 bits per heavy atom. The quantitative estimate of drug-likeness (QED) is 0.605. The molecule has 1 aromatic heterocycles. The number of halogens is 1. The molecule has 0 aliphatic carbocycles. The van der Waals surface area contributed by atoms with E-state index >= 15 is 0 Å². The van der Waals surface area contributed by atoms with E-state index in [9.17, 15) is 0 Å². The average molecular weight is 145 g/mol. The van der Waals surface area contributed by atoms with Crippen LogP contribution in [-0.2, 0) is 0 Å². The number of rotatable bonds is 0. The third-order valence-electron chi connectivity index (χ3n) is 0.787. The van der Waals surface area contributed by atoms with Gasteiger partial charge in [-0.2, -0.15) is 0 Å². The predicted molar refractivity (Wildman–Crippen MR) is 40.4 cm³/mol. The minimum atomic E-state index is 0. The second-order valence-electron chi connectivity index (χ2n) is 1.37. The molecule has 0 radical (unpaired) electrons. The van der Waals surface area contributed by atoms with Gasteiger partial charge in [-0.25, -0.2) is 4.98 Å². The molecule has 0 aliphatic heterocycles. The molecule has 0 spiro atoms. The number of nitrogen functional groups attached to an aromatic ring is 1. The number of pyridine rings is 1. The van der Waals surface area contributed by atoms with Gasteiger partial charge in [-0.3, -0.25) is 0 Å². The second kappa shape index (κ2) is 3.30. The van der Waals surface area contributed by atoms with E-state index in [4.69, 9.17) is 17.3 Å². The lowest BCUT2D eigenvalue weighted by Gasteiger charge is -1.90. The average Bonchev–Trinajstić information content (AvgIpc) is 1.77. The first kappa shape index (κ1) is 8.24. The number of nitrogens with zero attached hydrogens (tertiary/aromatic N) is 1. The summed E-state index contributed by atoms with van der Waals surface area (Å²) in [6.07, 6.45) is 1.60. The molecule has 0 fully saturated rings. The number of aromatic nitrogens is 1. The molecule has 1 aromatic rings. The number of nitrogens with two attached hydrogens (primary N) is 1. The van der Waals surface area contributed by atoms with Crippen molar-refractivity contribution >= 4 is 17.4 Å². The van der Waals surface area contributed by atoms with Crippen molar-refractivity contribution in [2.24, 2.45) is 0 Å². The summed E-state index contributed by atoms with van der Waals surface area (Å²) in [7, 11) is 0. The van der Waals surface area contributed by atoms with Crippen molar-refractivity contribution in [3.63, 3.8) is 0 Å². The van der Waals surface area contributed by atoms with E-state index in [1.807, 2.05) is 0 Å². The summed E-state index contributed by atoms with van der Waals surface area (Å²) >= 11 is 5.52. The molecule has 0 amide bonds. The van der Waals surface area contributed by atoms with Crippen molar-refractivity contribution < 1.29 is 0 Å². The van der Waals surface area contributed by atoms with Gasteiger partial charge in [-0.05, 0) is 12.1 Å². The van der Waals surface area contributed by atoms with Gasteiger partial charge in [0.2, 0.25) is 0 Å². The molecule has 9 heavy (non-hydrogen) atoms. The predicted octanol–water partition coefficient (Wildman–Crippen LogP) is 1.95. The Morgan fingerprint density at radius 1 is 1.56 bits per heavy atom. The van der Waals surface area contributed by atoms with Gasteiger partial charge in [0.25, 0.3) is 0 Å². The van der Waals surface area contributed by atoms with Crippen LogP contribution in [0.1, 0.15) is 7.43 Å². The summed E-state index contributed by atoms with van der Waals surface area (Å²) in [6.45, 7) is 0. The minimum Gasteiger partial charge on any atom is -0.382 e. The van der Waals surface area contributed by atoms with E-state index in [1.54, 1.807) is 18.3 Å². The Hall–Kier alpha value is -0.760. The van der Waals surface area contributed by atoms with Crippen molar-refractivity contribution in [2.45, 2.75) is 7.43 Å². The van der Waals surface area contributed by atoms with E-state index in [0.717, 1.165) is 0 Å². The van der Waals surface area contributed by atoms with Gasteiger partial charge in [-0.1, -0.05) is 19.0 Å². The first-order valence-corrected chi connectivity index (χ1v) is 2.54. The maximum atomic E-state index is 5.52. The van der Waals surface area contributed by atoms with Crippen LogP contribution in [0, 0.1) is 0 Å². The largest absolute Gasteiger partial charge is 0.382 e. The minimum absolute atomic E-state index is 0. The zero-order chi connectivity index (χ0) is 5.98. The normalized spacial score (nSPS) is 8.11. The van der Waals surface area contributed by atoms with Gasteiger partial charge in [0.05, 0.1) is 5.02 Å². The van der Waals surface area contributed by atoms with Crippen molar-refractivity contribution in [3.8, 4) is 0 Å². The molecule has 0 saturated heterocycles. The summed E-state index contributed by atoms with van der Waals surface area (Å²) < 4.78 is 0. The molecule has 50 valence electrons. The monoisotopic (exact) mass is 144 g/mol. The zero-order valence-corrected chi connectivity index (χ0v) is 4.89. The van der Waals surface area contributed by atoms with Crippen LogP contribution in [0.25, 0.3) is 0 Å². The van der Waals surface area contributed by atoms with Crippen LogP contribution in [-0.4, -0.2) is 4.98 Å². The summed E-state index contributed by atoms with van der Waals surface area (Å²) in [5.74, 6) is 0.383. The lowest BCUT2D eigenvalue weighted by molar-refractivity contribution is 1.34. The molecule has 1 rings (SSSR count). The van der Waals surface area contributed by atoms with Crippen LogP contribution in [0.3, 0.4) is 0 Å². The fraction of sp³-hybridized carbons (Fsp3) is 0.167. The molecule has 0 atom stereocenters. The fourth-order valence-corrected chi connectivity index (χ4v) is 0.519. The lowest BCUT2D eigenvalue weighted by Crippen LogP contribution is -1.87. The highest BCUT2D eigenvalue weighted by Crippen LogP contribution is 2.12. The molecular formula is C6H9ClN2. The van der Waals surface area contributed by atoms with Gasteiger partial charge in [0, 0.05) is 6.20 Å². The van der Waals surface area contributed by atoms with Gasteiger partial charge in [0.1, 0.15) is 5.82 Å². The summed E-state index contributed by atoms with van der Waals surface area (Å²) in [4.78, 5) is 3.72. The standard InChI is InChI=1S/C5H5ClN2.CH4/c6-4-2-1-3-8-5(4)7;/h1-3H,(H2,7,8);1H4. The van der Waals surface area contributed by atoms with Crippen LogP contribution in [0.2, 0.25) is 5.02 Å². The number of anilines is 1. The summed E-state index contributed by atoms with van der Waals surface area (Å²) in [5, 5.41) is 0.507. The van der Waals surface area contributed by atoms with Crippen LogP contribution >= 0.6 is 11.6 Å². The molecule has 0 unspecified atom stereocenters. The SMILES string of the molecule is C.Nc1ncccc1Cl. The highest BCUT2D eigenvalue weighted by atomic mass is 35.5. The smallest absolute Gasteiger partial charge is 0.142 e. The topological polar surface area (TPSA) is 38.9 Å². The Morgan fingerprint density at radius 3 is 2.56 bits per heavy atom. The third-order valence-corrected chi connectivity index (χ3v) is 1.11. The first-order chi connectivity index (χ1) is 3.80. The molecule has 3 heteroatoms. The van der Waals surface area contributed by atoms with Crippen LogP contribution in [0.5, 0.6) is 0 Å². The van der Waals surface area contributed by atoms with E-state index in [0.29, 0.717) is 10.8 Å². The van der Waals surface area contributed by atoms with E-state index < -0.39 is 0 Å². The number of hydrogen-bond acceptors (Lipinski definition) is 2. The Kier molecular flexibility index (Phi) is 3.02. The van der Waals surface area contributed by atoms with Gasteiger partial charge in [-0.15, -0.1) is 0 Å². The first-order valence-electron chi connectivity index (χ1n) is 2.16. The van der Waals surface area contributed by atoms with Crippen molar-refractivity contribution in [1.29, 1.82) is 0 Å². The zero-order valence-electron chi connectivity index (χ0n) is 4.13. The van der Waals surface area contributed by atoms with Crippen molar-refractivity contribution in [1.82, 2.24) is 4.98 Å². The molecule has 0 aromatic carbocycles.